The highest BCUT2D eigenvalue weighted by atomic mass is 35.5. The number of halogens is 1. The molecule has 0 amide bonds. The minimum absolute atomic E-state index is 0.226. The minimum Gasteiger partial charge on any atom is -0.467 e. The van der Waals surface area contributed by atoms with Gasteiger partial charge in [-0.2, -0.15) is 9.97 Å². The number of aromatic nitrogens is 3. The lowest BCUT2D eigenvalue weighted by Crippen LogP contribution is -2.14. The molecule has 1 N–H and O–H groups in total. The van der Waals surface area contributed by atoms with E-state index in [4.69, 9.17) is 21.1 Å². The first-order valence-corrected chi connectivity index (χ1v) is 5.87. The molecule has 0 saturated heterocycles. The third kappa shape index (κ3) is 4.60. The average Bonchev–Trinajstić information content (AvgIpc) is 2.36. The van der Waals surface area contributed by atoms with Crippen molar-refractivity contribution in [3.05, 3.63) is 0 Å². The van der Waals surface area contributed by atoms with Crippen LogP contribution in [-0.4, -0.2) is 41.6 Å². The van der Waals surface area contributed by atoms with Crippen LogP contribution in [0.2, 0.25) is 0 Å². The van der Waals surface area contributed by atoms with E-state index >= 15 is 0 Å². The number of methoxy groups -OCH3 is 2. The lowest BCUT2D eigenvalue weighted by Gasteiger charge is -2.11. The third-order valence-corrected chi connectivity index (χ3v) is 2.39. The van der Waals surface area contributed by atoms with Gasteiger partial charge in [-0.3, -0.25) is 0 Å². The van der Waals surface area contributed by atoms with Crippen molar-refractivity contribution in [2.75, 3.05) is 32.0 Å². The van der Waals surface area contributed by atoms with Gasteiger partial charge in [-0.1, -0.05) is 6.92 Å². The molecular weight excluding hydrogens is 244 g/mol. The fourth-order valence-electron chi connectivity index (χ4n) is 1.15. The highest BCUT2D eigenvalue weighted by Crippen LogP contribution is 2.13. The topological polar surface area (TPSA) is 69.2 Å². The molecule has 0 aliphatic heterocycles. The van der Waals surface area contributed by atoms with Crippen LogP contribution < -0.4 is 14.8 Å². The second-order valence-electron chi connectivity index (χ2n) is 3.60. The molecule has 1 unspecified atom stereocenters. The summed E-state index contributed by atoms with van der Waals surface area (Å²) >= 11 is 5.66. The molecule has 0 aliphatic carbocycles. The van der Waals surface area contributed by atoms with Crippen molar-refractivity contribution in [1.82, 2.24) is 15.0 Å². The van der Waals surface area contributed by atoms with E-state index in [1.54, 1.807) is 0 Å². The lowest BCUT2D eigenvalue weighted by atomic mass is 10.1. The van der Waals surface area contributed by atoms with Gasteiger partial charge >= 0.3 is 12.0 Å². The van der Waals surface area contributed by atoms with Crippen LogP contribution in [0.1, 0.15) is 13.3 Å². The number of anilines is 1. The Balaban J connectivity index is 2.63. The van der Waals surface area contributed by atoms with E-state index < -0.39 is 0 Å². The van der Waals surface area contributed by atoms with Crippen LogP contribution in [0.3, 0.4) is 0 Å². The summed E-state index contributed by atoms with van der Waals surface area (Å²) < 4.78 is 9.90. The molecule has 0 saturated carbocycles. The largest absolute Gasteiger partial charge is 0.467 e. The van der Waals surface area contributed by atoms with E-state index in [2.05, 4.69) is 27.2 Å². The smallest absolute Gasteiger partial charge is 0.324 e. The quantitative estimate of drug-likeness (QED) is 0.751. The predicted molar refractivity (Wildman–Crippen MR) is 65.9 cm³/mol. The summed E-state index contributed by atoms with van der Waals surface area (Å²) in [5.74, 6) is 1.53. The fourth-order valence-corrected chi connectivity index (χ4v) is 1.53. The summed E-state index contributed by atoms with van der Waals surface area (Å²) in [7, 11) is 2.99. The molecule has 1 rings (SSSR count). The van der Waals surface area contributed by atoms with Gasteiger partial charge in [0, 0.05) is 12.4 Å². The average molecular weight is 261 g/mol. The molecule has 1 aromatic rings. The summed E-state index contributed by atoms with van der Waals surface area (Å²) in [6.45, 7) is 2.84. The van der Waals surface area contributed by atoms with Gasteiger partial charge in [0.2, 0.25) is 5.95 Å². The molecule has 17 heavy (non-hydrogen) atoms. The Morgan fingerprint density at radius 2 is 1.76 bits per heavy atom. The molecule has 0 radical (unpaired) electrons. The molecule has 0 spiro atoms. The van der Waals surface area contributed by atoms with Gasteiger partial charge < -0.3 is 14.8 Å². The molecule has 0 bridgehead atoms. The monoisotopic (exact) mass is 260 g/mol. The molecule has 0 fully saturated rings. The summed E-state index contributed by atoms with van der Waals surface area (Å²) in [5.41, 5.74) is 0. The number of nitrogens with zero attached hydrogens (tertiary/aromatic N) is 3. The highest BCUT2D eigenvalue weighted by molar-refractivity contribution is 6.17. The van der Waals surface area contributed by atoms with E-state index in [1.807, 2.05) is 0 Å². The molecule has 0 aliphatic rings. The molecule has 1 heterocycles. The number of nitrogens with one attached hydrogen (secondary N) is 1. The Labute approximate surface area is 106 Å². The molecule has 1 atom stereocenters. The van der Waals surface area contributed by atoms with Gasteiger partial charge in [0.1, 0.15) is 0 Å². The Bertz CT molecular complexity index is 329. The fraction of sp³-hybridized carbons (Fsp3) is 0.700. The normalized spacial score (nSPS) is 12.0. The maximum Gasteiger partial charge on any atom is 0.324 e. The van der Waals surface area contributed by atoms with Crippen LogP contribution >= 0.6 is 11.6 Å². The Morgan fingerprint density at radius 3 is 2.24 bits per heavy atom. The molecule has 0 aromatic carbocycles. The maximum absolute atomic E-state index is 5.66. The standard InChI is InChI=1S/C10H17ClN4O2/c1-7(4-5-11)6-12-8-13-9(16-2)15-10(14-8)17-3/h7H,4-6H2,1-3H3,(H,12,13,14,15). The van der Waals surface area contributed by atoms with Crippen LogP contribution in [0.5, 0.6) is 12.0 Å². The molecule has 6 nitrogen and oxygen atoms in total. The van der Waals surface area contributed by atoms with Crippen molar-refractivity contribution in [1.29, 1.82) is 0 Å². The Kier molecular flexibility index (Phi) is 5.76. The second-order valence-corrected chi connectivity index (χ2v) is 3.97. The van der Waals surface area contributed by atoms with Gasteiger partial charge in [-0.25, -0.2) is 0 Å². The van der Waals surface area contributed by atoms with Gasteiger partial charge in [0.05, 0.1) is 14.2 Å². The molecule has 7 heteroatoms. The number of hydrogen-bond donors (Lipinski definition) is 1. The van der Waals surface area contributed by atoms with Crippen LogP contribution in [0.4, 0.5) is 5.95 Å². The van der Waals surface area contributed by atoms with Gasteiger partial charge in [0.15, 0.2) is 0 Å². The van der Waals surface area contributed by atoms with Gasteiger partial charge in [0.25, 0.3) is 0 Å². The lowest BCUT2D eigenvalue weighted by molar-refractivity contribution is 0.341. The number of ether oxygens (including phenoxy) is 2. The summed E-state index contributed by atoms with van der Waals surface area (Å²) in [6, 6.07) is 0.452. The zero-order valence-electron chi connectivity index (χ0n) is 10.2. The van der Waals surface area contributed by atoms with E-state index in [0.29, 0.717) is 17.7 Å². The highest BCUT2D eigenvalue weighted by Gasteiger charge is 2.08. The minimum atomic E-state index is 0.226. The first-order valence-electron chi connectivity index (χ1n) is 5.33. The predicted octanol–water partition coefficient (Wildman–Crippen LogP) is 1.57. The van der Waals surface area contributed by atoms with E-state index in [1.165, 1.54) is 14.2 Å². The van der Waals surface area contributed by atoms with Gasteiger partial charge in [-0.15, -0.1) is 16.6 Å². The van der Waals surface area contributed by atoms with Crippen LogP contribution in [-0.2, 0) is 0 Å². The van der Waals surface area contributed by atoms with E-state index in [9.17, 15) is 0 Å². The van der Waals surface area contributed by atoms with Gasteiger partial charge in [-0.05, 0) is 12.3 Å². The number of hydrogen-bond acceptors (Lipinski definition) is 6. The van der Waals surface area contributed by atoms with Crippen molar-refractivity contribution in [3.63, 3.8) is 0 Å². The zero-order valence-corrected chi connectivity index (χ0v) is 11.0. The molecule has 96 valence electrons. The number of alkyl halides is 1. The van der Waals surface area contributed by atoms with Crippen molar-refractivity contribution in [2.24, 2.45) is 5.92 Å². The summed E-state index contributed by atoms with van der Waals surface area (Å²) in [5, 5.41) is 3.10. The van der Waals surface area contributed by atoms with Crippen molar-refractivity contribution in [3.8, 4) is 12.0 Å². The number of rotatable bonds is 7. The SMILES string of the molecule is COc1nc(NCC(C)CCCl)nc(OC)n1. The Morgan fingerprint density at radius 1 is 1.18 bits per heavy atom. The van der Waals surface area contributed by atoms with Crippen LogP contribution in [0.15, 0.2) is 0 Å². The second kappa shape index (κ2) is 7.11. The van der Waals surface area contributed by atoms with Crippen molar-refractivity contribution < 1.29 is 9.47 Å². The van der Waals surface area contributed by atoms with Crippen molar-refractivity contribution >= 4 is 17.5 Å². The van der Waals surface area contributed by atoms with Crippen LogP contribution in [0, 0.1) is 5.92 Å². The summed E-state index contributed by atoms with van der Waals surface area (Å²) in [6.07, 6.45) is 0.938. The first-order chi connectivity index (χ1) is 8.19. The first kappa shape index (κ1) is 13.8. The zero-order chi connectivity index (χ0) is 12.7. The Hall–Kier alpha value is -1.30. The van der Waals surface area contributed by atoms with Crippen molar-refractivity contribution in [2.45, 2.75) is 13.3 Å². The van der Waals surface area contributed by atoms with E-state index in [-0.39, 0.29) is 12.0 Å². The molecule has 1 aromatic heterocycles. The summed E-state index contributed by atoms with van der Waals surface area (Å²) in [4.78, 5) is 12.0. The third-order valence-electron chi connectivity index (χ3n) is 2.17. The van der Waals surface area contributed by atoms with Crippen LogP contribution in [0.25, 0.3) is 0 Å². The molecular formula is C10H17ClN4O2. The van der Waals surface area contributed by atoms with E-state index in [0.717, 1.165) is 13.0 Å². The maximum atomic E-state index is 5.66.